The highest BCUT2D eigenvalue weighted by Crippen LogP contribution is 2.21. The Morgan fingerprint density at radius 2 is 2.17 bits per heavy atom. The van der Waals surface area contributed by atoms with E-state index in [1.54, 1.807) is 31.2 Å². The first kappa shape index (κ1) is 12.2. The largest absolute Gasteiger partial charge is 0.456 e. The van der Waals surface area contributed by atoms with Crippen LogP contribution in [0.2, 0.25) is 5.02 Å². The van der Waals surface area contributed by atoms with E-state index in [-0.39, 0.29) is 5.76 Å². The summed E-state index contributed by atoms with van der Waals surface area (Å²) in [5.74, 6) is 0.421. The van der Waals surface area contributed by atoms with E-state index in [0.29, 0.717) is 22.0 Å². The molecule has 0 aliphatic carbocycles. The van der Waals surface area contributed by atoms with Crippen LogP contribution in [0.15, 0.2) is 34.7 Å². The van der Waals surface area contributed by atoms with Crippen LogP contribution in [-0.4, -0.2) is 5.91 Å². The fourth-order valence-corrected chi connectivity index (χ4v) is 1.63. The molecule has 0 radical (unpaired) electrons. The molecule has 2 aromatic rings. The van der Waals surface area contributed by atoms with E-state index in [2.05, 4.69) is 5.32 Å². The third-order valence-electron chi connectivity index (χ3n) is 2.31. The number of anilines is 1. The van der Waals surface area contributed by atoms with Gasteiger partial charge in [-0.25, -0.2) is 0 Å². The van der Waals surface area contributed by atoms with Crippen molar-refractivity contribution in [2.45, 2.75) is 6.92 Å². The molecule has 1 N–H and O–H groups in total. The van der Waals surface area contributed by atoms with Crippen molar-refractivity contribution < 1.29 is 9.21 Å². The highest BCUT2D eigenvalue weighted by atomic mass is 35.5. The van der Waals surface area contributed by atoms with Crippen LogP contribution in [0.5, 0.6) is 0 Å². The first-order valence-corrected chi connectivity index (χ1v) is 5.55. The average Bonchev–Trinajstić information content (AvgIpc) is 2.76. The van der Waals surface area contributed by atoms with Gasteiger partial charge in [-0.1, -0.05) is 11.6 Å². The fraction of sp³-hybridized carbons (Fsp3) is 0.0769. The molecule has 1 aromatic carbocycles. The van der Waals surface area contributed by atoms with Crippen molar-refractivity contribution in [1.82, 2.24) is 0 Å². The third-order valence-corrected chi connectivity index (χ3v) is 2.55. The second kappa shape index (κ2) is 4.94. The molecular formula is C13H9ClN2O2. The van der Waals surface area contributed by atoms with Gasteiger partial charge in [0.1, 0.15) is 11.8 Å². The normalized spacial score (nSPS) is 9.83. The minimum absolute atomic E-state index is 0.191. The number of carbonyl (C=O) groups is 1. The van der Waals surface area contributed by atoms with Gasteiger partial charge < -0.3 is 9.73 Å². The summed E-state index contributed by atoms with van der Waals surface area (Å²) in [6.45, 7) is 1.75. The van der Waals surface area contributed by atoms with Crippen molar-refractivity contribution in [3.63, 3.8) is 0 Å². The molecule has 1 amide bonds. The monoisotopic (exact) mass is 260 g/mol. The minimum Gasteiger partial charge on any atom is -0.456 e. The molecule has 1 aromatic heterocycles. The Bertz CT molecular complexity index is 641. The van der Waals surface area contributed by atoms with Crippen LogP contribution in [0.1, 0.15) is 21.9 Å². The van der Waals surface area contributed by atoms with E-state index in [0.717, 1.165) is 0 Å². The lowest BCUT2D eigenvalue weighted by Crippen LogP contribution is -2.11. The number of nitrogens with zero attached hydrogens (tertiary/aromatic N) is 1. The number of hydrogen-bond acceptors (Lipinski definition) is 3. The predicted molar refractivity (Wildman–Crippen MR) is 67.6 cm³/mol. The number of nitrogens with one attached hydrogen (secondary N) is 1. The number of rotatable bonds is 2. The number of benzene rings is 1. The Morgan fingerprint density at radius 3 is 2.78 bits per heavy atom. The van der Waals surface area contributed by atoms with Crippen molar-refractivity contribution in [2.75, 3.05) is 5.32 Å². The average molecular weight is 261 g/mol. The summed E-state index contributed by atoms with van der Waals surface area (Å²) >= 11 is 5.82. The zero-order chi connectivity index (χ0) is 13.1. The number of hydrogen-bond donors (Lipinski definition) is 1. The molecule has 0 aliphatic heterocycles. The van der Waals surface area contributed by atoms with E-state index in [9.17, 15) is 4.79 Å². The highest BCUT2D eigenvalue weighted by Gasteiger charge is 2.12. The molecule has 0 bridgehead atoms. The minimum atomic E-state index is -0.415. The third kappa shape index (κ3) is 2.53. The molecule has 0 atom stereocenters. The van der Waals surface area contributed by atoms with E-state index in [4.69, 9.17) is 21.3 Å². The molecule has 0 unspecified atom stereocenters. The van der Waals surface area contributed by atoms with Crippen LogP contribution in [0.4, 0.5) is 5.69 Å². The molecular weight excluding hydrogens is 252 g/mol. The van der Waals surface area contributed by atoms with Crippen LogP contribution < -0.4 is 5.32 Å². The topological polar surface area (TPSA) is 66.0 Å². The lowest BCUT2D eigenvalue weighted by molar-refractivity contribution is 0.0995. The number of furan rings is 1. The fourth-order valence-electron chi connectivity index (χ4n) is 1.46. The van der Waals surface area contributed by atoms with Crippen LogP contribution in [-0.2, 0) is 0 Å². The van der Waals surface area contributed by atoms with Crippen molar-refractivity contribution >= 4 is 23.2 Å². The quantitative estimate of drug-likeness (QED) is 0.900. The Morgan fingerprint density at radius 1 is 1.39 bits per heavy atom. The van der Waals surface area contributed by atoms with Gasteiger partial charge in [-0.2, -0.15) is 5.26 Å². The molecule has 0 spiro atoms. The molecule has 0 saturated heterocycles. The predicted octanol–water partition coefficient (Wildman–Crippen LogP) is 3.37. The van der Waals surface area contributed by atoms with Crippen LogP contribution >= 0.6 is 11.6 Å². The molecule has 18 heavy (non-hydrogen) atoms. The van der Waals surface area contributed by atoms with Crippen molar-refractivity contribution in [2.24, 2.45) is 0 Å². The van der Waals surface area contributed by atoms with Gasteiger partial charge in [-0.3, -0.25) is 4.79 Å². The van der Waals surface area contributed by atoms with Gasteiger partial charge in [0.25, 0.3) is 5.91 Å². The Hall–Kier alpha value is -2.25. The summed E-state index contributed by atoms with van der Waals surface area (Å²) in [6, 6.07) is 9.90. The van der Waals surface area contributed by atoms with Crippen molar-refractivity contribution in [1.29, 1.82) is 5.26 Å². The molecule has 0 aliphatic rings. The zero-order valence-electron chi connectivity index (χ0n) is 9.53. The first-order valence-electron chi connectivity index (χ1n) is 5.17. The first-order chi connectivity index (χ1) is 8.60. The van der Waals surface area contributed by atoms with Gasteiger partial charge in [0.15, 0.2) is 5.76 Å². The molecule has 4 nitrogen and oxygen atoms in total. The van der Waals surface area contributed by atoms with E-state index in [1.165, 1.54) is 6.07 Å². The number of carbonyl (C=O) groups excluding carboxylic acids is 1. The Kier molecular flexibility index (Phi) is 3.35. The molecule has 0 fully saturated rings. The van der Waals surface area contributed by atoms with E-state index >= 15 is 0 Å². The number of halogens is 1. The second-order valence-corrected chi connectivity index (χ2v) is 4.10. The van der Waals surface area contributed by atoms with E-state index < -0.39 is 5.91 Å². The summed E-state index contributed by atoms with van der Waals surface area (Å²) in [5, 5.41) is 12.0. The number of amides is 1. The van der Waals surface area contributed by atoms with Gasteiger partial charge in [0, 0.05) is 5.02 Å². The zero-order valence-corrected chi connectivity index (χ0v) is 10.3. The number of aryl methyl sites for hydroxylation is 1. The molecule has 0 saturated carbocycles. The van der Waals surface area contributed by atoms with Crippen LogP contribution in [0.25, 0.3) is 0 Å². The van der Waals surface area contributed by atoms with Gasteiger partial charge in [-0.15, -0.1) is 0 Å². The SMILES string of the molecule is Cc1ccc(C(=O)Nc2cc(Cl)ccc2C#N)o1. The van der Waals surface area contributed by atoms with Gasteiger partial charge in [0.05, 0.1) is 11.3 Å². The van der Waals surface area contributed by atoms with Crippen molar-refractivity contribution in [3.8, 4) is 6.07 Å². The Balaban J connectivity index is 2.27. The van der Waals surface area contributed by atoms with Crippen molar-refractivity contribution in [3.05, 3.63) is 52.4 Å². The molecule has 2 rings (SSSR count). The maximum atomic E-state index is 11.8. The summed E-state index contributed by atoms with van der Waals surface area (Å²) in [6.07, 6.45) is 0. The van der Waals surface area contributed by atoms with Gasteiger partial charge in [0.2, 0.25) is 0 Å². The maximum Gasteiger partial charge on any atom is 0.291 e. The second-order valence-electron chi connectivity index (χ2n) is 3.67. The van der Waals surface area contributed by atoms with Gasteiger partial charge >= 0.3 is 0 Å². The lowest BCUT2D eigenvalue weighted by atomic mass is 10.2. The molecule has 5 heteroatoms. The summed E-state index contributed by atoms with van der Waals surface area (Å²) < 4.78 is 5.19. The van der Waals surface area contributed by atoms with Crippen LogP contribution in [0, 0.1) is 18.3 Å². The summed E-state index contributed by atoms with van der Waals surface area (Å²) in [5.41, 5.74) is 0.708. The van der Waals surface area contributed by atoms with Gasteiger partial charge in [-0.05, 0) is 37.3 Å². The standard InChI is InChI=1S/C13H9ClN2O2/c1-8-2-5-12(18-8)13(17)16-11-6-10(14)4-3-9(11)7-15/h2-6H,1H3,(H,16,17). The molecule has 1 heterocycles. The number of nitriles is 1. The Labute approximate surface area is 109 Å². The lowest BCUT2D eigenvalue weighted by Gasteiger charge is -2.05. The smallest absolute Gasteiger partial charge is 0.291 e. The summed E-state index contributed by atoms with van der Waals surface area (Å²) in [7, 11) is 0. The summed E-state index contributed by atoms with van der Waals surface area (Å²) in [4.78, 5) is 11.8. The molecule has 90 valence electrons. The van der Waals surface area contributed by atoms with Crippen LogP contribution in [0.3, 0.4) is 0 Å². The maximum absolute atomic E-state index is 11.8. The highest BCUT2D eigenvalue weighted by molar-refractivity contribution is 6.31. The van der Waals surface area contributed by atoms with E-state index in [1.807, 2.05) is 6.07 Å².